The summed E-state index contributed by atoms with van der Waals surface area (Å²) in [7, 11) is 1.56. The van der Waals surface area contributed by atoms with E-state index in [1.54, 1.807) is 36.3 Å². The van der Waals surface area contributed by atoms with Crippen molar-refractivity contribution in [2.45, 2.75) is 12.8 Å². The lowest BCUT2D eigenvalue weighted by atomic mass is 10.1. The second kappa shape index (κ2) is 6.52. The van der Waals surface area contributed by atoms with Gasteiger partial charge in [0.1, 0.15) is 16.9 Å². The van der Waals surface area contributed by atoms with Gasteiger partial charge in [-0.2, -0.15) is 0 Å². The van der Waals surface area contributed by atoms with Crippen LogP contribution in [0.5, 0.6) is 5.75 Å². The summed E-state index contributed by atoms with van der Waals surface area (Å²) in [5.41, 5.74) is -0.0605. The van der Waals surface area contributed by atoms with Gasteiger partial charge in [0.15, 0.2) is 0 Å². The number of nitrogens with zero attached hydrogens (tertiary/aromatic N) is 2. The van der Waals surface area contributed by atoms with Crippen LogP contribution in [0, 0.1) is 5.92 Å². The highest BCUT2D eigenvalue weighted by Gasteiger charge is 2.29. The molecule has 6 nitrogen and oxygen atoms in total. The maximum Gasteiger partial charge on any atom is 0.349 e. The Balaban J connectivity index is 1.51. The van der Waals surface area contributed by atoms with Crippen molar-refractivity contribution in [1.82, 2.24) is 9.80 Å². The van der Waals surface area contributed by atoms with Crippen LogP contribution in [-0.2, 0) is 0 Å². The first-order valence-electron chi connectivity index (χ1n) is 8.77. The van der Waals surface area contributed by atoms with Gasteiger partial charge in [-0.3, -0.25) is 9.69 Å². The quantitative estimate of drug-likeness (QED) is 0.795. The molecule has 1 aliphatic carbocycles. The minimum atomic E-state index is -0.592. The molecule has 0 radical (unpaired) electrons. The molecule has 1 amide bonds. The topological polar surface area (TPSA) is 63.0 Å². The van der Waals surface area contributed by atoms with Gasteiger partial charge >= 0.3 is 5.63 Å². The molecular formula is C19H22N2O4. The molecule has 132 valence electrons. The van der Waals surface area contributed by atoms with Gasteiger partial charge in [-0.25, -0.2) is 4.79 Å². The molecule has 6 heteroatoms. The summed E-state index contributed by atoms with van der Waals surface area (Å²) in [5, 5.41) is 0.719. The van der Waals surface area contributed by atoms with Gasteiger partial charge < -0.3 is 14.1 Å². The highest BCUT2D eigenvalue weighted by Crippen LogP contribution is 2.30. The van der Waals surface area contributed by atoms with E-state index >= 15 is 0 Å². The van der Waals surface area contributed by atoms with Gasteiger partial charge in [-0.05, 0) is 37.0 Å². The number of hydrogen-bond acceptors (Lipinski definition) is 5. The zero-order valence-electron chi connectivity index (χ0n) is 14.4. The Morgan fingerprint density at radius 1 is 1.20 bits per heavy atom. The van der Waals surface area contributed by atoms with Crippen LogP contribution in [-0.4, -0.2) is 55.5 Å². The number of hydrogen-bond donors (Lipinski definition) is 0. The predicted molar refractivity (Wildman–Crippen MR) is 94.1 cm³/mol. The van der Waals surface area contributed by atoms with Crippen molar-refractivity contribution in [2.75, 3.05) is 39.8 Å². The van der Waals surface area contributed by atoms with E-state index in [1.807, 2.05) is 0 Å². The second-order valence-electron chi connectivity index (χ2n) is 6.89. The molecule has 2 aliphatic rings. The van der Waals surface area contributed by atoms with Crippen LogP contribution >= 0.6 is 0 Å². The Hall–Kier alpha value is -2.34. The van der Waals surface area contributed by atoms with Crippen molar-refractivity contribution in [3.63, 3.8) is 0 Å². The average molecular weight is 342 g/mol. The van der Waals surface area contributed by atoms with Crippen molar-refractivity contribution in [3.05, 3.63) is 40.2 Å². The number of ether oxygens (including phenoxy) is 1. The smallest absolute Gasteiger partial charge is 0.349 e. The van der Waals surface area contributed by atoms with Crippen LogP contribution in [0.4, 0.5) is 0 Å². The first kappa shape index (κ1) is 16.1. The summed E-state index contributed by atoms with van der Waals surface area (Å²) in [4.78, 5) is 29.2. The number of methoxy groups -OCH3 is 1. The van der Waals surface area contributed by atoms with E-state index in [0.717, 1.165) is 30.9 Å². The normalized spacial score (nSPS) is 18.5. The molecule has 4 rings (SSSR count). The molecule has 1 aromatic carbocycles. The van der Waals surface area contributed by atoms with E-state index in [9.17, 15) is 9.59 Å². The van der Waals surface area contributed by atoms with E-state index in [4.69, 9.17) is 9.15 Å². The molecule has 0 atom stereocenters. The molecule has 2 aromatic rings. The molecule has 25 heavy (non-hydrogen) atoms. The summed E-state index contributed by atoms with van der Waals surface area (Å²) in [6.45, 7) is 4.20. The predicted octanol–water partition coefficient (Wildman–Crippen LogP) is 1.97. The Morgan fingerprint density at radius 3 is 2.64 bits per heavy atom. The van der Waals surface area contributed by atoms with Crippen molar-refractivity contribution in [2.24, 2.45) is 5.92 Å². The molecule has 2 heterocycles. The van der Waals surface area contributed by atoms with Crippen LogP contribution in [0.3, 0.4) is 0 Å². The number of rotatable bonds is 4. The van der Waals surface area contributed by atoms with Gasteiger partial charge in [-0.1, -0.05) is 0 Å². The molecule has 0 N–H and O–H groups in total. The third-order valence-corrected chi connectivity index (χ3v) is 5.05. The van der Waals surface area contributed by atoms with Gasteiger partial charge in [0, 0.05) is 44.2 Å². The number of fused-ring (bicyclic) bond motifs is 1. The molecule has 1 aliphatic heterocycles. The fraction of sp³-hybridized carbons (Fsp3) is 0.474. The molecule has 0 bridgehead atoms. The third kappa shape index (κ3) is 3.39. The van der Waals surface area contributed by atoms with Crippen molar-refractivity contribution in [1.29, 1.82) is 0 Å². The lowest BCUT2D eigenvalue weighted by molar-refractivity contribution is 0.0628. The zero-order valence-corrected chi connectivity index (χ0v) is 14.4. The maximum absolute atomic E-state index is 12.8. The molecule has 1 saturated carbocycles. The summed E-state index contributed by atoms with van der Waals surface area (Å²) in [6, 6.07) is 6.86. The lowest BCUT2D eigenvalue weighted by Crippen LogP contribution is -2.49. The van der Waals surface area contributed by atoms with Gasteiger partial charge in [0.05, 0.1) is 7.11 Å². The van der Waals surface area contributed by atoms with Crippen LogP contribution in [0.1, 0.15) is 23.2 Å². The number of benzene rings is 1. The lowest BCUT2D eigenvalue weighted by Gasteiger charge is -2.34. The Kier molecular flexibility index (Phi) is 4.21. The van der Waals surface area contributed by atoms with E-state index in [-0.39, 0.29) is 11.5 Å². The SMILES string of the molecule is COc1ccc2cc(C(=O)N3CCN(CC4CC4)CC3)c(=O)oc2c1. The Bertz CT molecular complexity index is 848. The third-order valence-electron chi connectivity index (χ3n) is 5.05. The first-order chi connectivity index (χ1) is 12.1. The maximum atomic E-state index is 12.8. The monoisotopic (exact) mass is 342 g/mol. The average Bonchev–Trinajstić information content (AvgIpc) is 3.44. The van der Waals surface area contributed by atoms with E-state index in [0.29, 0.717) is 24.4 Å². The number of carbonyl (C=O) groups is 1. The Morgan fingerprint density at radius 2 is 1.96 bits per heavy atom. The number of piperazine rings is 1. The van der Waals surface area contributed by atoms with Crippen molar-refractivity contribution in [3.8, 4) is 5.75 Å². The van der Waals surface area contributed by atoms with Gasteiger partial charge in [-0.15, -0.1) is 0 Å². The molecule has 0 spiro atoms. The highest BCUT2D eigenvalue weighted by atomic mass is 16.5. The van der Waals surface area contributed by atoms with Crippen LogP contribution in [0.15, 0.2) is 33.5 Å². The summed E-state index contributed by atoms with van der Waals surface area (Å²) >= 11 is 0. The highest BCUT2D eigenvalue weighted by molar-refractivity contribution is 5.96. The standard InChI is InChI=1S/C19H22N2O4/c1-24-15-5-4-14-10-16(19(23)25-17(14)11-15)18(22)21-8-6-20(7-9-21)12-13-2-3-13/h4-5,10-11,13H,2-3,6-9,12H2,1H3. The Labute approximate surface area is 146 Å². The van der Waals surface area contributed by atoms with Crippen molar-refractivity contribution < 1.29 is 13.9 Å². The van der Waals surface area contributed by atoms with Gasteiger partial charge in [0.25, 0.3) is 5.91 Å². The van der Waals surface area contributed by atoms with Crippen LogP contribution in [0.25, 0.3) is 11.0 Å². The molecule has 1 saturated heterocycles. The molecule has 2 fully saturated rings. The fourth-order valence-corrected chi connectivity index (χ4v) is 3.34. The summed E-state index contributed by atoms with van der Waals surface area (Å²) in [6.07, 6.45) is 2.67. The van der Waals surface area contributed by atoms with Crippen LogP contribution in [0.2, 0.25) is 0 Å². The zero-order chi connectivity index (χ0) is 17.4. The fourth-order valence-electron chi connectivity index (χ4n) is 3.34. The number of amides is 1. The van der Waals surface area contributed by atoms with Crippen LogP contribution < -0.4 is 10.4 Å². The first-order valence-corrected chi connectivity index (χ1v) is 8.77. The molecule has 1 aromatic heterocycles. The molecule has 0 unspecified atom stereocenters. The minimum Gasteiger partial charge on any atom is -0.497 e. The number of carbonyl (C=O) groups excluding carboxylic acids is 1. The van der Waals surface area contributed by atoms with E-state index < -0.39 is 5.63 Å². The largest absolute Gasteiger partial charge is 0.497 e. The minimum absolute atomic E-state index is 0.105. The van der Waals surface area contributed by atoms with Crippen molar-refractivity contribution >= 4 is 16.9 Å². The van der Waals surface area contributed by atoms with E-state index in [2.05, 4.69) is 4.90 Å². The summed E-state index contributed by atoms with van der Waals surface area (Å²) in [5.74, 6) is 1.23. The second-order valence-corrected chi connectivity index (χ2v) is 6.89. The van der Waals surface area contributed by atoms with E-state index in [1.165, 1.54) is 12.8 Å². The molecular weight excluding hydrogens is 320 g/mol. The summed E-state index contributed by atoms with van der Waals surface area (Å²) < 4.78 is 10.5. The van der Waals surface area contributed by atoms with Gasteiger partial charge in [0.2, 0.25) is 0 Å².